The Balaban J connectivity index is 1.90. The van der Waals surface area contributed by atoms with E-state index < -0.39 is 0 Å². The van der Waals surface area contributed by atoms with E-state index in [-0.39, 0.29) is 6.10 Å². The lowest BCUT2D eigenvalue weighted by molar-refractivity contribution is 0.0719. The van der Waals surface area contributed by atoms with E-state index in [1.54, 1.807) is 6.20 Å². The van der Waals surface area contributed by atoms with E-state index in [9.17, 15) is 5.11 Å². The van der Waals surface area contributed by atoms with Gasteiger partial charge in [-0.2, -0.15) is 0 Å². The summed E-state index contributed by atoms with van der Waals surface area (Å²) in [6.45, 7) is 2.29. The van der Waals surface area contributed by atoms with Gasteiger partial charge < -0.3 is 5.11 Å². The highest BCUT2D eigenvalue weighted by Crippen LogP contribution is 2.31. The molecule has 2 rings (SSSR count). The number of nitrogens with zero attached hydrogens (tertiary/aromatic N) is 1. The largest absolute Gasteiger partial charge is 0.392 e. The standard InChI is InChI=1S/C14H21NO/c1-11-4-2-6-13(8-11)14(16)9-12-5-3-7-15-10-12/h3,5,7,10-11,13-14,16H,2,4,6,8-9H2,1H3. The molecular weight excluding hydrogens is 198 g/mol. The van der Waals surface area contributed by atoms with Crippen molar-refractivity contribution in [3.8, 4) is 0 Å². The molecule has 0 bridgehead atoms. The van der Waals surface area contributed by atoms with Crippen molar-refractivity contribution in [1.82, 2.24) is 4.98 Å². The fourth-order valence-corrected chi connectivity index (χ4v) is 2.76. The lowest BCUT2D eigenvalue weighted by atomic mass is 9.78. The quantitative estimate of drug-likeness (QED) is 0.848. The van der Waals surface area contributed by atoms with Crippen LogP contribution in [0.3, 0.4) is 0 Å². The lowest BCUT2D eigenvalue weighted by Gasteiger charge is -2.30. The van der Waals surface area contributed by atoms with Crippen LogP contribution in [0.1, 0.15) is 38.2 Å². The molecule has 1 aromatic rings. The van der Waals surface area contributed by atoms with Crippen molar-refractivity contribution in [3.63, 3.8) is 0 Å². The van der Waals surface area contributed by atoms with Crippen molar-refractivity contribution in [3.05, 3.63) is 30.1 Å². The van der Waals surface area contributed by atoms with E-state index in [1.165, 1.54) is 25.7 Å². The van der Waals surface area contributed by atoms with Crippen LogP contribution < -0.4 is 0 Å². The molecule has 2 nitrogen and oxygen atoms in total. The smallest absolute Gasteiger partial charge is 0.0609 e. The third-order valence-electron chi connectivity index (χ3n) is 3.69. The van der Waals surface area contributed by atoms with E-state index in [4.69, 9.17) is 0 Å². The van der Waals surface area contributed by atoms with Crippen LogP contribution in [0, 0.1) is 11.8 Å². The van der Waals surface area contributed by atoms with Gasteiger partial charge in [0.1, 0.15) is 0 Å². The zero-order valence-corrected chi connectivity index (χ0v) is 9.97. The summed E-state index contributed by atoms with van der Waals surface area (Å²) in [5, 5.41) is 10.2. The topological polar surface area (TPSA) is 33.1 Å². The minimum absolute atomic E-state index is 0.188. The number of rotatable bonds is 3. The number of hydrogen-bond acceptors (Lipinski definition) is 2. The van der Waals surface area contributed by atoms with Crippen molar-refractivity contribution in [2.75, 3.05) is 0 Å². The summed E-state index contributed by atoms with van der Waals surface area (Å²) >= 11 is 0. The van der Waals surface area contributed by atoms with Gasteiger partial charge in [0.2, 0.25) is 0 Å². The van der Waals surface area contributed by atoms with Crippen LogP contribution in [0.25, 0.3) is 0 Å². The number of aliphatic hydroxyl groups excluding tert-OH is 1. The molecule has 2 heteroatoms. The molecule has 1 aliphatic carbocycles. The Morgan fingerprint density at radius 3 is 3.06 bits per heavy atom. The molecule has 1 aromatic heterocycles. The zero-order valence-electron chi connectivity index (χ0n) is 9.97. The second-order valence-corrected chi connectivity index (χ2v) is 5.16. The van der Waals surface area contributed by atoms with Crippen molar-refractivity contribution in [2.24, 2.45) is 11.8 Å². The van der Waals surface area contributed by atoms with E-state index >= 15 is 0 Å². The average molecular weight is 219 g/mol. The molecule has 0 amide bonds. The second kappa shape index (κ2) is 5.44. The molecule has 0 aromatic carbocycles. The summed E-state index contributed by atoms with van der Waals surface area (Å²) in [4.78, 5) is 4.09. The Bertz CT molecular complexity index is 312. The van der Waals surface area contributed by atoms with Crippen LogP contribution >= 0.6 is 0 Å². The van der Waals surface area contributed by atoms with Gasteiger partial charge in [-0.3, -0.25) is 4.98 Å². The number of aromatic nitrogens is 1. The number of pyridine rings is 1. The molecule has 88 valence electrons. The highest BCUT2D eigenvalue weighted by atomic mass is 16.3. The monoisotopic (exact) mass is 219 g/mol. The fourth-order valence-electron chi connectivity index (χ4n) is 2.76. The first kappa shape index (κ1) is 11.6. The second-order valence-electron chi connectivity index (χ2n) is 5.16. The van der Waals surface area contributed by atoms with Crippen molar-refractivity contribution in [2.45, 2.75) is 45.1 Å². The molecule has 3 atom stereocenters. The predicted molar refractivity (Wildman–Crippen MR) is 65.1 cm³/mol. The Labute approximate surface area is 97.7 Å². The summed E-state index contributed by atoms with van der Waals surface area (Å²) in [6, 6.07) is 3.98. The summed E-state index contributed by atoms with van der Waals surface area (Å²) in [6.07, 6.45) is 9.17. The Kier molecular flexibility index (Phi) is 3.94. The van der Waals surface area contributed by atoms with Gasteiger partial charge in [0.05, 0.1) is 6.10 Å². The molecule has 0 aliphatic heterocycles. The summed E-state index contributed by atoms with van der Waals surface area (Å²) in [5.41, 5.74) is 1.15. The summed E-state index contributed by atoms with van der Waals surface area (Å²) in [7, 11) is 0. The first-order valence-electron chi connectivity index (χ1n) is 6.32. The van der Waals surface area contributed by atoms with E-state index in [0.29, 0.717) is 5.92 Å². The summed E-state index contributed by atoms with van der Waals surface area (Å²) in [5.74, 6) is 1.27. The molecule has 0 spiro atoms. The van der Waals surface area contributed by atoms with Crippen LogP contribution in [0.15, 0.2) is 24.5 Å². The van der Waals surface area contributed by atoms with Gasteiger partial charge in [-0.05, 0) is 36.3 Å². The Morgan fingerprint density at radius 2 is 2.38 bits per heavy atom. The number of hydrogen-bond donors (Lipinski definition) is 1. The molecule has 0 radical (unpaired) electrons. The third kappa shape index (κ3) is 3.05. The van der Waals surface area contributed by atoms with Gasteiger partial charge in [0.15, 0.2) is 0 Å². The van der Waals surface area contributed by atoms with Gasteiger partial charge in [-0.1, -0.05) is 25.8 Å². The van der Waals surface area contributed by atoms with Gasteiger partial charge in [0, 0.05) is 18.8 Å². The van der Waals surface area contributed by atoms with E-state index in [2.05, 4.69) is 11.9 Å². The lowest BCUT2D eigenvalue weighted by Crippen LogP contribution is -2.27. The van der Waals surface area contributed by atoms with Gasteiger partial charge in [-0.25, -0.2) is 0 Å². The van der Waals surface area contributed by atoms with Crippen LogP contribution in [0.4, 0.5) is 0 Å². The maximum Gasteiger partial charge on any atom is 0.0609 e. The van der Waals surface area contributed by atoms with Crippen LogP contribution in [0.2, 0.25) is 0 Å². The van der Waals surface area contributed by atoms with Crippen molar-refractivity contribution < 1.29 is 5.11 Å². The van der Waals surface area contributed by atoms with Crippen LogP contribution in [-0.4, -0.2) is 16.2 Å². The summed E-state index contributed by atoms with van der Waals surface area (Å²) < 4.78 is 0. The van der Waals surface area contributed by atoms with Gasteiger partial charge >= 0.3 is 0 Å². The van der Waals surface area contributed by atoms with Crippen LogP contribution in [-0.2, 0) is 6.42 Å². The first-order valence-corrected chi connectivity index (χ1v) is 6.32. The normalized spacial score (nSPS) is 27.6. The molecule has 1 aliphatic rings. The van der Waals surface area contributed by atoms with E-state index in [1.807, 2.05) is 18.3 Å². The number of aliphatic hydroxyl groups is 1. The zero-order chi connectivity index (χ0) is 11.4. The highest BCUT2D eigenvalue weighted by Gasteiger charge is 2.25. The minimum Gasteiger partial charge on any atom is -0.392 e. The first-order chi connectivity index (χ1) is 7.75. The molecule has 3 unspecified atom stereocenters. The van der Waals surface area contributed by atoms with E-state index in [0.717, 1.165) is 17.9 Å². The van der Waals surface area contributed by atoms with Gasteiger partial charge in [0.25, 0.3) is 0 Å². The Hall–Kier alpha value is -0.890. The molecule has 0 saturated heterocycles. The average Bonchev–Trinajstić information content (AvgIpc) is 2.30. The minimum atomic E-state index is -0.188. The predicted octanol–water partition coefficient (Wildman–Crippen LogP) is 2.81. The van der Waals surface area contributed by atoms with Crippen molar-refractivity contribution >= 4 is 0 Å². The van der Waals surface area contributed by atoms with Crippen molar-refractivity contribution in [1.29, 1.82) is 0 Å². The SMILES string of the molecule is CC1CCCC(C(O)Cc2cccnc2)C1. The maximum atomic E-state index is 10.2. The molecule has 16 heavy (non-hydrogen) atoms. The molecule has 1 heterocycles. The molecule has 1 fully saturated rings. The fraction of sp³-hybridized carbons (Fsp3) is 0.643. The molecule has 1 saturated carbocycles. The third-order valence-corrected chi connectivity index (χ3v) is 3.69. The maximum absolute atomic E-state index is 10.2. The van der Waals surface area contributed by atoms with Crippen LogP contribution in [0.5, 0.6) is 0 Å². The Morgan fingerprint density at radius 1 is 1.50 bits per heavy atom. The highest BCUT2D eigenvalue weighted by molar-refractivity contribution is 5.09. The molecule has 1 N–H and O–H groups in total. The molecular formula is C14H21NO. The van der Waals surface area contributed by atoms with Gasteiger partial charge in [-0.15, -0.1) is 0 Å².